The maximum absolute atomic E-state index is 13.8. The Bertz CT molecular complexity index is 658. The van der Waals surface area contributed by atoms with E-state index in [9.17, 15) is 4.39 Å². The fraction of sp³-hybridized carbons (Fsp3) is 0.133. The van der Waals surface area contributed by atoms with Crippen molar-refractivity contribution in [2.75, 3.05) is 0 Å². The summed E-state index contributed by atoms with van der Waals surface area (Å²) in [6.45, 7) is 1.99. The van der Waals surface area contributed by atoms with E-state index in [4.69, 9.17) is 27.5 Å². The molecule has 2 rings (SSSR count). The van der Waals surface area contributed by atoms with Gasteiger partial charge in [-0.3, -0.25) is 5.41 Å². The predicted molar refractivity (Wildman–Crippen MR) is 77.9 cm³/mol. The SMILES string of the molecule is Cc1ccc(OCc2ccc(C(=N)N)cc2F)c(Cl)c1. The van der Waals surface area contributed by atoms with Crippen molar-refractivity contribution in [3.05, 3.63) is 63.9 Å². The van der Waals surface area contributed by atoms with Crippen LogP contribution in [0.25, 0.3) is 0 Å². The van der Waals surface area contributed by atoms with Crippen LogP contribution >= 0.6 is 11.6 Å². The summed E-state index contributed by atoms with van der Waals surface area (Å²) < 4.78 is 19.3. The number of aryl methyl sites for hydroxylation is 1. The number of nitrogen functional groups attached to an aromatic ring is 1. The fourth-order valence-electron chi connectivity index (χ4n) is 1.71. The molecule has 2 aromatic carbocycles. The first kappa shape index (κ1) is 14.3. The predicted octanol–water partition coefficient (Wildman–Crippen LogP) is 3.65. The van der Waals surface area contributed by atoms with Crippen molar-refractivity contribution in [3.63, 3.8) is 0 Å². The average Bonchev–Trinajstić information content (AvgIpc) is 2.38. The number of ether oxygens (including phenoxy) is 1. The van der Waals surface area contributed by atoms with E-state index in [1.807, 2.05) is 13.0 Å². The lowest BCUT2D eigenvalue weighted by molar-refractivity contribution is 0.300. The van der Waals surface area contributed by atoms with E-state index in [1.165, 1.54) is 6.07 Å². The van der Waals surface area contributed by atoms with Crippen LogP contribution in [0.15, 0.2) is 36.4 Å². The highest BCUT2D eigenvalue weighted by molar-refractivity contribution is 6.32. The van der Waals surface area contributed by atoms with Crippen LogP contribution in [-0.2, 0) is 6.61 Å². The Morgan fingerprint density at radius 1 is 1.30 bits per heavy atom. The van der Waals surface area contributed by atoms with Crippen molar-refractivity contribution >= 4 is 17.4 Å². The number of halogens is 2. The van der Waals surface area contributed by atoms with Crippen LogP contribution in [0.1, 0.15) is 16.7 Å². The first-order valence-corrected chi connectivity index (χ1v) is 6.37. The molecule has 104 valence electrons. The molecule has 2 aromatic rings. The summed E-state index contributed by atoms with van der Waals surface area (Å²) in [6, 6.07) is 9.76. The summed E-state index contributed by atoms with van der Waals surface area (Å²) in [6.07, 6.45) is 0. The highest BCUT2D eigenvalue weighted by atomic mass is 35.5. The molecule has 0 radical (unpaired) electrons. The average molecular weight is 293 g/mol. The summed E-state index contributed by atoms with van der Waals surface area (Å²) in [5.74, 6) is -0.119. The van der Waals surface area contributed by atoms with Gasteiger partial charge in [0.1, 0.15) is 24.0 Å². The van der Waals surface area contributed by atoms with Crippen molar-refractivity contribution in [1.82, 2.24) is 0 Å². The van der Waals surface area contributed by atoms with Gasteiger partial charge in [0.05, 0.1) is 5.02 Å². The minimum atomic E-state index is -0.457. The molecule has 3 N–H and O–H groups in total. The maximum atomic E-state index is 13.8. The number of hydrogen-bond donors (Lipinski definition) is 2. The Kier molecular flexibility index (Phi) is 4.25. The zero-order valence-corrected chi connectivity index (χ0v) is 11.7. The fourth-order valence-corrected chi connectivity index (χ4v) is 2.00. The molecular formula is C15H14ClFN2O. The zero-order valence-electron chi connectivity index (χ0n) is 10.9. The molecule has 0 aliphatic carbocycles. The number of benzene rings is 2. The molecule has 0 aliphatic rings. The molecule has 0 amide bonds. The number of rotatable bonds is 4. The highest BCUT2D eigenvalue weighted by Crippen LogP contribution is 2.26. The van der Waals surface area contributed by atoms with E-state index in [2.05, 4.69) is 0 Å². The van der Waals surface area contributed by atoms with Crippen molar-refractivity contribution in [1.29, 1.82) is 5.41 Å². The lowest BCUT2D eigenvalue weighted by Crippen LogP contribution is -2.12. The van der Waals surface area contributed by atoms with Crippen LogP contribution < -0.4 is 10.5 Å². The Balaban J connectivity index is 2.13. The molecule has 20 heavy (non-hydrogen) atoms. The van der Waals surface area contributed by atoms with E-state index >= 15 is 0 Å². The van der Waals surface area contributed by atoms with E-state index in [-0.39, 0.29) is 12.4 Å². The minimum absolute atomic E-state index is 0.0623. The van der Waals surface area contributed by atoms with E-state index in [1.54, 1.807) is 24.3 Å². The molecule has 0 saturated heterocycles. The first-order chi connectivity index (χ1) is 9.47. The Labute approximate surface area is 121 Å². The highest BCUT2D eigenvalue weighted by Gasteiger charge is 2.08. The van der Waals surface area contributed by atoms with Gasteiger partial charge in [0, 0.05) is 11.1 Å². The standard InChI is InChI=1S/C15H14ClFN2O/c1-9-2-5-14(12(16)6-9)20-8-11-4-3-10(15(18)19)7-13(11)17/h2-7H,8H2,1H3,(H3,18,19). The molecule has 0 atom stereocenters. The third-order valence-corrected chi connectivity index (χ3v) is 3.13. The smallest absolute Gasteiger partial charge is 0.138 e. The Morgan fingerprint density at radius 2 is 2.05 bits per heavy atom. The zero-order chi connectivity index (χ0) is 14.7. The summed E-state index contributed by atoms with van der Waals surface area (Å²) in [4.78, 5) is 0. The molecular weight excluding hydrogens is 279 g/mol. The summed E-state index contributed by atoms with van der Waals surface area (Å²) in [7, 11) is 0. The van der Waals surface area contributed by atoms with Gasteiger partial charge in [0.2, 0.25) is 0 Å². The molecule has 0 unspecified atom stereocenters. The first-order valence-electron chi connectivity index (χ1n) is 5.99. The van der Waals surface area contributed by atoms with Crippen molar-refractivity contribution < 1.29 is 9.13 Å². The van der Waals surface area contributed by atoms with Crippen LogP contribution in [0, 0.1) is 18.2 Å². The lowest BCUT2D eigenvalue weighted by Gasteiger charge is -2.10. The number of nitrogens with two attached hydrogens (primary N) is 1. The van der Waals surface area contributed by atoms with Crippen LogP contribution in [0.4, 0.5) is 4.39 Å². The third kappa shape index (κ3) is 3.27. The lowest BCUT2D eigenvalue weighted by atomic mass is 10.1. The molecule has 0 spiro atoms. The second-order valence-electron chi connectivity index (χ2n) is 4.44. The number of hydrogen-bond acceptors (Lipinski definition) is 2. The van der Waals surface area contributed by atoms with Crippen LogP contribution in [0.2, 0.25) is 5.02 Å². The second-order valence-corrected chi connectivity index (χ2v) is 4.85. The molecule has 0 heterocycles. The van der Waals surface area contributed by atoms with Gasteiger partial charge < -0.3 is 10.5 Å². The van der Waals surface area contributed by atoms with Gasteiger partial charge in [-0.25, -0.2) is 4.39 Å². The number of amidine groups is 1. The summed E-state index contributed by atoms with van der Waals surface area (Å²) in [5, 5.41) is 7.74. The molecule has 0 bridgehead atoms. The van der Waals surface area contributed by atoms with E-state index in [0.29, 0.717) is 21.9 Å². The molecule has 0 aromatic heterocycles. The normalized spacial score (nSPS) is 10.3. The van der Waals surface area contributed by atoms with Gasteiger partial charge in [0.15, 0.2) is 0 Å². The van der Waals surface area contributed by atoms with Gasteiger partial charge in [0.25, 0.3) is 0 Å². The monoisotopic (exact) mass is 292 g/mol. The third-order valence-electron chi connectivity index (χ3n) is 2.83. The van der Waals surface area contributed by atoms with Gasteiger partial charge >= 0.3 is 0 Å². The second kappa shape index (κ2) is 5.92. The van der Waals surface area contributed by atoms with E-state index in [0.717, 1.165) is 5.56 Å². The molecule has 0 saturated carbocycles. The maximum Gasteiger partial charge on any atom is 0.138 e. The summed E-state index contributed by atoms with van der Waals surface area (Å²) >= 11 is 6.04. The van der Waals surface area contributed by atoms with E-state index < -0.39 is 5.82 Å². The van der Waals surface area contributed by atoms with Crippen molar-refractivity contribution in [2.24, 2.45) is 5.73 Å². The van der Waals surface area contributed by atoms with Crippen LogP contribution in [0.3, 0.4) is 0 Å². The molecule has 5 heteroatoms. The molecule has 0 fully saturated rings. The van der Waals surface area contributed by atoms with Crippen LogP contribution in [-0.4, -0.2) is 5.84 Å². The van der Waals surface area contributed by atoms with Crippen molar-refractivity contribution in [3.8, 4) is 5.75 Å². The topological polar surface area (TPSA) is 59.1 Å². The minimum Gasteiger partial charge on any atom is -0.487 e. The largest absolute Gasteiger partial charge is 0.487 e. The molecule has 3 nitrogen and oxygen atoms in total. The quantitative estimate of drug-likeness (QED) is 0.667. The van der Waals surface area contributed by atoms with Crippen molar-refractivity contribution in [2.45, 2.75) is 13.5 Å². The Morgan fingerprint density at radius 3 is 2.65 bits per heavy atom. The van der Waals surface area contributed by atoms with Crippen LogP contribution in [0.5, 0.6) is 5.75 Å². The summed E-state index contributed by atoms with van der Waals surface area (Å²) in [5.41, 5.74) is 7.05. The molecule has 0 aliphatic heterocycles. The Hall–Kier alpha value is -2.07. The van der Waals surface area contributed by atoms with Gasteiger partial charge in [-0.05, 0) is 30.7 Å². The van der Waals surface area contributed by atoms with Gasteiger partial charge in [-0.15, -0.1) is 0 Å². The number of nitrogens with one attached hydrogen (secondary N) is 1. The van der Waals surface area contributed by atoms with Gasteiger partial charge in [-0.1, -0.05) is 29.8 Å². The van der Waals surface area contributed by atoms with Gasteiger partial charge in [-0.2, -0.15) is 0 Å².